The largest absolute Gasteiger partial charge is 0.493 e. The van der Waals surface area contributed by atoms with Crippen molar-refractivity contribution in [1.29, 1.82) is 0 Å². The second-order valence-electron chi connectivity index (χ2n) is 6.02. The molecule has 0 fully saturated rings. The van der Waals surface area contributed by atoms with Crippen molar-refractivity contribution in [2.24, 2.45) is 0 Å². The standard InChI is InChI=1S/C19H25N5O2/c1-6-23-13(3)10-15(21-23)19-20-18(22-24(19)7-2)12-14-8-9-16(25-4)17(11-14)26-5/h8-11H,6-7,12H2,1-5H3. The first kappa shape index (κ1) is 18.0. The van der Waals surface area contributed by atoms with E-state index in [0.29, 0.717) is 17.9 Å². The van der Waals surface area contributed by atoms with Gasteiger partial charge in [-0.3, -0.25) is 4.68 Å². The number of methoxy groups -OCH3 is 2. The summed E-state index contributed by atoms with van der Waals surface area (Å²) >= 11 is 0. The molecule has 0 aliphatic heterocycles. The molecule has 26 heavy (non-hydrogen) atoms. The second-order valence-corrected chi connectivity index (χ2v) is 6.02. The molecule has 0 aliphatic carbocycles. The van der Waals surface area contributed by atoms with Crippen molar-refractivity contribution in [2.75, 3.05) is 14.2 Å². The Balaban J connectivity index is 1.91. The van der Waals surface area contributed by atoms with Gasteiger partial charge in [0.15, 0.2) is 23.1 Å². The highest BCUT2D eigenvalue weighted by atomic mass is 16.5. The van der Waals surface area contributed by atoms with E-state index in [9.17, 15) is 0 Å². The van der Waals surface area contributed by atoms with Gasteiger partial charge in [-0.2, -0.15) is 10.2 Å². The third-order valence-electron chi connectivity index (χ3n) is 4.34. The number of aromatic nitrogens is 5. The molecule has 2 aromatic heterocycles. The van der Waals surface area contributed by atoms with Crippen LogP contribution in [0.3, 0.4) is 0 Å². The van der Waals surface area contributed by atoms with Crippen molar-refractivity contribution in [3.8, 4) is 23.0 Å². The van der Waals surface area contributed by atoms with E-state index in [0.717, 1.165) is 41.7 Å². The lowest BCUT2D eigenvalue weighted by molar-refractivity contribution is 0.354. The Morgan fingerprint density at radius 3 is 2.27 bits per heavy atom. The maximum Gasteiger partial charge on any atom is 0.178 e. The van der Waals surface area contributed by atoms with Crippen molar-refractivity contribution in [3.63, 3.8) is 0 Å². The van der Waals surface area contributed by atoms with Crippen molar-refractivity contribution in [3.05, 3.63) is 41.3 Å². The molecule has 2 heterocycles. The Morgan fingerprint density at radius 2 is 1.65 bits per heavy atom. The zero-order valence-electron chi connectivity index (χ0n) is 16.0. The Labute approximate surface area is 153 Å². The van der Waals surface area contributed by atoms with Crippen molar-refractivity contribution < 1.29 is 9.47 Å². The van der Waals surface area contributed by atoms with E-state index in [1.54, 1.807) is 14.2 Å². The molecular formula is C19H25N5O2. The normalized spacial score (nSPS) is 11.0. The molecule has 0 unspecified atom stereocenters. The van der Waals surface area contributed by atoms with Crippen LogP contribution in [0.5, 0.6) is 11.5 Å². The minimum atomic E-state index is 0.619. The van der Waals surface area contributed by atoms with Crippen LogP contribution < -0.4 is 9.47 Å². The van der Waals surface area contributed by atoms with Crippen LogP contribution in [0.15, 0.2) is 24.3 Å². The van der Waals surface area contributed by atoms with Gasteiger partial charge in [-0.1, -0.05) is 6.07 Å². The molecule has 3 rings (SSSR count). The number of aryl methyl sites for hydroxylation is 3. The van der Waals surface area contributed by atoms with Crippen LogP contribution in [0.4, 0.5) is 0 Å². The van der Waals surface area contributed by atoms with Crippen LogP contribution in [-0.4, -0.2) is 38.8 Å². The summed E-state index contributed by atoms with van der Waals surface area (Å²) in [6.07, 6.45) is 0.619. The lowest BCUT2D eigenvalue weighted by atomic mass is 10.1. The fraction of sp³-hybridized carbons (Fsp3) is 0.421. The average molecular weight is 355 g/mol. The zero-order chi connectivity index (χ0) is 18.7. The average Bonchev–Trinajstić information content (AvgIpc) is 3.24. The number of nitrogens with zero attached hydrogens (tertiary/aromatic N) is 5. The first-order valence-electron chi connectivity index (χ1n) is 8.79. The molecule has 0 spiro atoms. The van der Waals surface area contributed by atoms with Crippen LogP contribution in [-0.2, 0) is 19.5 Å². The minimum absolute atomic E-state index is 0.619. The molecule has 0 amide bonds. The second kappa shape index (κ2) is 7.59. The number of rotatable bonds is 7. The highest BCUT2D eigenvalue weighted by Gasteiger charge is 2.16. The number of benzene rings is 1. The highest BCUT2D eigenvalue weighted by Crippen LogP contribution is 2.28. The van der Waals surface area contributed by atoms with E-state index in [2.05, 4.69) is 37.0 Å². The van der Waals surface area contributed by atoms with E-state index in [-0.39, 0.29) is 0 Å². The Morgan fingerprint density at radius 1 is 0.923 bits per heavy atom. The molecule has 7 nitrogen and oxygen atoms in total. The molecule has 0 atom stereocenters. The summed E-state index contributed by atoms with van der Waals surface area (Å²) in [5.74, 6) is 2.98. The monoisotopic (exact) mass is 355 g/mol. The first-order chi connectivity index (χ1) is 12.6. The van der Waals surface area contributed by atoms with Gasteiger partial charge in [-0.25, -0.2) is 9.67 Å². The lowest BCUT2D eigenvalue weighted by Crippen LogP contribution is -2.02. The number of ether oxygens (including phenoxy) is 2. The van der Waals surface area contributed by atoms with Gasteiger partial charge in [0.25, 0.3) is 0 Å². The topological polar surface area (TPSA) is 67.0 Å². The smallest absolute Gasteiger partial charge is 0.178 e. The lowest BCUT2D eigenvalue weighted by Gasteiger charge is -2.08. The summed E-state index contributed by atoms with van der Waals surface area (Å²) in [7, 11) is 3.27. The van der Waals surface area contributed by atoms with Crippen molar-refractivity contribution in [2.45, 2.75) is 40.3 Å². The van der Waals surface area contributed by atoms with Crippen LogP contribution in [0.1, 0.15) is 30.9 Å². The van der Waals surface area contributed by atoms with Crippen LogP contribution >= 0.6 is 0 Å². The summed E-state index contributed by atoms with van der Waals surface area (Å²) < 4.78 is 14.5. The fourth-order valence-electron chi connectivity index (χ4n) is 2.99. The van der Waals surface area contributed by atoms with Crippen molar-refractivity contribution in [1.82, 2.24) is 24.5 Å². The summed E-state index contributed by atoms with van der Waals surface area (Å²) in [6, 6.07) is 7.92. The summed E-state index contributed by atoms with van der Waals surface area (Å²) in [6.45, 7) is 7.77. The predicted octanol–water partition coefficient (Wildman–Crippen LogP) is 3.10. The van der Waals surface area contributed by atoms with E-state index in [4.69, 9.17) is 14.5 Å². The number of hydrogen-bond donors (Lipinski definition) is 0. The van der Waals surface area contributed by atoms with Crippen LogP contribution in [0.2, 0.25) is 0 Å². The molecule has 0 bridgehead atoms. The molecule has 0 radical (unpaired) electrons. The maximum absolute atomic E-state index is 5.38. The molecule has 0 N–H and O–H groups in total. The van der Waals surface area contributed by atoms with E-state index >= 15 is 0 Å². The molecule has 1 aromatic carbocycles. The third-order valence-corrected chi connectivity index (χ3v) is 4.34. The Hall–Kier alpha value is -2.83. The SMILES string of the molecule is CCn1nc(-c2nc(Cc3ccc(OC)c(OC)c3)nn2CC)cc1C. The van der Waals surface area contributed by atoms with Gasteiger partial charge < -0.3 is 9.47 Å². The molecule has 7 heteroatoms. The van der Waals surface area contributed by atoms with Crippen LogP contribution in [0.25, 0.3) is 11.5 Å². The quantitative estimate of drug-likeness (QED) is 0.651. The fourth-order valence-corrected chi connectivity index (χ4v) is 2.99. The molecule has 0 saturated carbocycles. The van der Waals surface area contributed by atoms with Crippen molar-refractivity contribution >= 4 is 0 Å². The molecule has 138 valence electrons. The van der Waals surface area contributed by atoms with Gasteiger partial charge in [0.1, 0.15) is 5.69 Å². The van der Waals surface area contributed by atoms with Gasteiger partial charge >= 0.3 is 0 Å². The van der Waals surface area contributed by atoms with Gasteiger partial charge in [0.2, 0.25) is 0 Å². The highest BCUT2D eigenvalue weighted by molar-refractivity contribution is 5.50. The summed E-state index contributed by atoms with van der Waals surface area (Å²) in [5.41, 5.74) is 3.05. The predicted molar refractivity (Wildman–Crippen MR) is 99.7 cm³/mol. The van der Waals surface area contributed by atoms with Gasteiger partial charge in [-0.15, -0.1) is 0 Å². The Bertz CT molecular complexity index is 897. The van der Waals surface area contributed by atoms with Crippen LogP contribution in [0, 0.1) is 6.92 Å². The van der Waals surface area contributed by atoms with E-state index in [1.807, 2.05) is 27.6 Å². The molecule has 0 aliphatic rings. The zero-order valence-corrected chi connectivity index (χ0v) is 16.0. The van der Waals surface area contributed by atoms with Gasteiger partial charge in [0.05, 0.1) is 14.2 Å². The maximum atomic E-state index is 5.38. The summed E-state index contributed by atoms with van der Waals surface area (Å²) in [4.78, 5) is 4.74. The molecule has 0 saturated heterocycles. The summed E-state index contributed by atoms with van der Waals surface area (Å²) in [5, 5.41) is 9.28. The van der Waals surface area contributed by atoms with Gasteiger partial charge in [-0.05, 0) is 44.5 Å². The minimum Gasteiger partial charge on any atom is -0.493 e. The molecule has 3 aromatic rings. The number of hydrogen-bond acceptors (Lipinski definition) is 5. The van der Waals surface area contributed by atoms with Gasteiger partial charge in [0, 0.05) is 25.2 Å². The van der Waals surface area contributed by atoms with E-state index in [1.165, 1.54) is 0 Å². The van der Waals surface area contributed by atoms with E-state index < -0.39 is 0 Å². The first-order valence-corrected chi connectivity index (χ1v) is 8.79. The third kappa shape index (κ3) is 3.42. The molecular weight excluding hydrogens is 330 g/mol. The Kier molecular flexibility index (Phi) is 5.25.